The van der Waals surface area contributed by atoms with E-state index in [-0.39, 0.29) is 99.5 Å². The number of cyclic esters (lactones) is 2. The summed E-state index contributed by atoms with van der Waals surface area (Å²) < 4.78 is 51.6. The van der Waals surface area contributed by atoms with Gasteiger partial charge in [0, 0.05) is 68.8 Å². The van der Waals surface area contributed by atoms with Crippen molar-refractivity contribution in [1.82, 2.24) is 0 Å². The molecule has 0 amide bonds. The number of hydrogen-bond donors (Lipinski definition) is 9. The summed E-state index contributed by atoms with van der Waals surface area (Å²) in [6.07, 6.45) is 19.7. The summed E-state index contributed by atoms with van der Waals surface area (Å²) in [6.45, 7) is 23.0. The summed E-state index contributed by atoms with van der Waals surface area (Å²) in [5, 5.41) is 93.2. The highest BCUT2D eigenvalue weighted by atomic mass is 127. The number of halogens is 1. The number of esters is 3. The number of phenolic OH excluding ortho intramolecular Hbond substituents is 4. The Morgan fingerprint density at radius 3 is 1.33 bits per heavy atom. The fourth-order valence-corrected chi connectivity index (χ4v) is 16.7. The maximum atomic E-state index is 13.2. The van der Waals surface area contributed by atoms with Crippen LogP contribution in [0.4, 0.5) is 0 Å². The van der Waals surface area contributed by atoms with Crippen LogP contribution in [0.15, 0.2) is 164 Å². The molecule has 2 heterocycles. The van der Waals surface area contributed by atoms with Gasteiger partial charge in [0.15, 0.2) is 28.8 Å². The predicted octanol–water partition coefficient (Wildman–Crippen LogP) is 25.6. The van der Waals surface area contributed by atoms with Crippen molar-refractivity contribution < 1.29 is 117 Å². The van der Waals surface area contributed by atoms with Crippen LogP contribution in [-0.4, -0.2) is 95.8 Å². The van der Waals surface area contributed by atoms with E-state index in [9.17, 15) is 69.6 Å². The number of methoxy groups -OCH3 is 2. The van der Waals surface area contributed by atoms with Crippen molar-refractivity contribution in [3.63, 3.8) is 0 Å². The zero-order valence-corrected chi connectivity index (χ0v) is 81.6. The van der Waals surface area contributed by atoms with Gasteiger partial charge in [0.25, 0.3) is 0 Å². The molecule has 24 nitrogen and oxygen atoms in total. The van der Waals surface area contributed by atoms with Crippen LogP contribution in [0.1, 0.15) is 318 Å². The largest absolute Gasteiger partial charge is 0.507 e. The van der Waals surface area contributed by atoms with Crippen molar-refractivity contribution in [3.05, 3.63) is 273 Å². The number of Topliss-reactive ketones (excluding diaryl/α,β-unsaturated/α-hetero) is 1. The summed E-state index contributed by atoms with van der Waals surface area (Å²) in [5.41, 5.74) is 10.1. The molecule has 0 spiro atoms. The summed E-state index contributed by atoms with van der Waals surface area (Å²) in [7, 11) is 2.92. The molecule has 2 unspecified atom stereocenters. The Hall–Kier alpha value is -12.3. The fraction of sp³-hybridized carbons (Fsp3) is 0.394. The lowest BCUT2D eigenvalue weighted by molar-refractivity contribution is -0.169. The van der Waals surface area contributed by atoms with Crippen LogP contribution in [0.5, 0.6) is 74.7 Å². The summed E-state index contributed by atoms with van der Waals surface area (Å²) >= 11 is 1.96. The Morgan fingerprint density at radius 2 is 0.843 bits per heavy atom. The first kappa shape index (κ1) is 107. The molecule has 2 aliphatic rings. The van der Waals surface area contributed by atoms with E-state index in [1.807, 2.05) is 175 Å². The zero-order valence-electron chi connectivity index (χ0n) is 79.4. The number of carbonyl (C=O) groups is 6. The number of carboxylic acid groups (broad SMARTS) is 2. The number of unbranched alkanes of at least 4 members (excludes halogenated alkanes) is 11. The number of carbonyl (C=O) groups excluding carboxylic acids is 4. The number of carboxylic acids is 2. The predicted molar refractivity (Wildman–Crippen MR) is 524 cm³/mol. The van der Waals surface area contributed by atoms with E-state index >= 15 is 0 Å². The SMILES string of the molecule is CCCCC(=O)c1cc(C)cc(I)c1C(=O)O.CCCCCc1c(O)c(C)cc(OCc2ccccc2)c1C(=O)OCc1ccccc1.CCCCCc1c(Oc2cc(OC)cc3c2C(=O)OC3(O)CCCC)c(O)cc(O)c1C(=O)O.CCCCCc1cc(C)cc(O)c1Oc1cc(OC)cc2c1C(=O)OC2(O)CCCC.CCCCCc1cc(OCc2ccccc2)cc(C)c1O. The quantitative estimate of drug-likeness (QED) is 0.00563. The molecule has 718 valence electrons. The molecule has 10 aromatic carbocycles. The lowest BCUT2D eigenvalue weighted by atomic mass is 9.96. The first-order valence-corrected chi connectivity index (χ1v) is 47.5. The molecule has 0 aliphatic carbocycles. The molecule has 2 atom stereocenters. The molecule has 12 rings (SSSR count). The average molecular weight is 1950 g/mol. The van der Waals surface area contributed by atoms with Gasteiger partial charge in [-0.15, -0.1) is 0 Å². The third kappa shape index (κ3) is 29.6. The second-order valence-electron chi connectivity index (χ2n) is 33.6. The lowest BCUT2D eigenvalue weighted by Gasteiger charge is -2.22. The van der Waals surface area contributed by atoms with Crippen LogP contribution in [0.3, 0.4) is 0 Å². The third-order valence-electron chi connectivity index (χ3n) is 22.9. The van der Waals surface area contributed by atoms with Gasteiger partial charge in [-0.3, -0.25) is 4.79 Å². The number of ether oxygens (including phenoxy) is 9. The maximum Gasteiger partial charge on any atom is 0.345 e. The van der Waals surface area contributed by atoms with Crippen LogP contribution in [0.25, 0.3) is 0 Å². The van der Waals surface area contributed by atoms with Gasteiger partial charge in [-0.05, 0) is 220 Å². The van der Waals surface area contributed by atoms with Gasteiger partial charge < -0.3 is 88.6 Å². The molecule has 0 saturated heterocycles. The Balaban J connectivity index is 0.000000210. The van der Waals surface area contributed by atoms with Crippen molar-refractivity contribution in [2.45, 2.75) is 268 Å². The number of phenols is 5. The minimum Gasteiger partial charge on any atom is -0.507 e. The number of ketones is 1. The molecule has 0 radical (unpaired) electrons. The molecule has 10 aromatic rings. The molecule has 0 fully saturated rings. The molecular weight excluding hydrogens is 1820 g/mol. The average Bonchev–Trinajstić information content (AvgIpc) is 1.59. The number of aliphatic hydroxyl groups is 2. The van der Waals surface area contributed by atoms with E-state index in [0.29, 0.717) is 99.7 Å². The van der Waals surface area contributed by atoms with Gasteiger partial charge in [0.05, 0.1) is 19.8 Å². The molecule has 9 N–H and O–H groups in total. The highest BCUT2D eigenvalue weighted by Gasteiger charge is 2.48. The Kier molecular flexibility index (Phi) is 42.3. The van der Waals surface area contributed by atoms with Crippen LogP contribution < -0.4 is 28.4 Å². The van der Waals surface area contributed by atoms with Crippen molar-refractivity contribution in [1.29, 1.82) is 0 Å². The highest BCUT2D eigenvalue weighted by Crippen LogP contribution is 2.51. The monoisotopic (exact) mass is 1950 g/mol. The Bertz CT molecular complexity index is 5600. The maximum absolute atomic E-state index is 13.2. The molecule has 0 aromatic heterocycles. The molecule has 134 heavy (non-hydrogen) atoms. The Morgan fingerprint density at radius 1 is 0.403 bits per heavy atom. The van der Waals surface area contributed by atoms with Crippen LogP contribution in [-0.2, 0) is 71.3 Å². The third-order valence-corrected chi connectivity index (χ3v) is 23.7. The molecule has 25 heteroatoms. The van der Waals surface area contributed by atoms with Gasteiger partial charge >= 0.3 is 29.8 Å². The van der Waals surface area contributed by atoms with E-state index in [1.165, 1.54) is 39.2 Å². The molecule has 0 saturated carbocycles. The van der Waals surface area contributed by atoms with Crippen LogP contribution in [0.2, 0.25) is 0 Å². The van der Waals surface area contributed by atoms with Crippen LogP contribution in [0, 0.1) is 31.3 Å². The first-order chi connectivity index (χ1) is 64.3. The van der Waals surface area contributed by atoms with E-state index in [2.05, 4.69) is 32.9 Å². The fourth-order valence-electron chi connectivity index (χ4n) is 15.6. The standard InChI is InChI=1S/C27H30O4.C25H30O9.C25H32O6.C19H24O2.C13H15IO3/c1-3-4-7-16-23-25(27(29)31-19-22-14-10-6-11-15-22)24(17-20(2)26(23)28)30-18-21-12-8-5-9-13-21;1-4-6-8-9-15-20(23(28)29)17(26)13-18(27)22(15)33-19-12-14(32-3)11-16-21(19)24(30)34-25(16,31)10-7-5-2;1-5-7-9-10-17-12-16(3)13-20(26)23(17)30-21-15-18(29-4)14-19-22(21)24(27)31-25(19,28)11-8-6-2;1-3-4-6-11-17-13-18(12-15(2)19(17)20)21-14-16-9-7-5-8-10-16;1-3-4-5-11(15)9-6-8(2)7-10(14)12(9)13(16)17/h5-6,8-15,17,28H,3-4,7,16,18-19H2,1-2H3;11-13,26-27,31H,4-10H2,1-3H3,(H,28,29);12-15,26,28H,5-11H2,1-4H3;5,7-10,12-13,20H,3-4,6,11,14H2,1-2H3;6-7H,3-5H2,1-2H3,(H,16,17). The second-order valence-corrected chi connectivity index (χ2v) is 34.8. The summed E-state index contributed by atoms with van der Waals surface area (Å²) in [5.74, 6) is -6.27. The lowest BCUT2D eigenvalue weighted by Crippen LogP contribution is -2.25. The minimum atomic E-state index is -1.86. The van der Waals surface area contributed by atoms with Crippen LogP contribution >= 0.6 is 22.6 Å². The van der Waals surface area contributed by atoms with Crippen molar-refractivity contribution in [2.75, 3.05) is 14.2 Å². The second kappa shape index (κ2) is 52.9. The number of aromatic carboxylic acids is 2. The number of aromatic hydroxyl groups is 5. The van der Waals surface area contributed by atoms with Crippen molar-refractivity contribution >= 4 is 58.2 Å². The van der Waals surface area contributed by atoms with Gasteiger partial charge in [-0.1, -0.05) is 216 Å². The van der Waals surface area contributed by atoms with E-state index in [4.69, 9.17) is 47.7 Å². The van der Waals surface area contributed by atoms with Gasteiger partial charge in [0.2, 0.25) is 11.6 Å². The van der Waals surface area contributed by atoms with Crippen molar-refractivity contribution in [2.24, 2.45) is 0 Å². The van der Waals surface area contributed by atoms with Gasteiger partial charge in [-0.25, -0.2) is 24.0 Å². The molecule has 2 aliphatic heterocycles. The number of hydrogen-bond acceptors (Lipinski definition) is 22. The molecular formula is C109H131IO24. The summed E-state index contributed by atoms with van der Waals surface area (Å²) in [6, 6.07) is 49.1. The topological polar surface area (TPSA) is 368 Å². The number of rotatable bonds is 43. The highest BCUT2D eigenvalue weighted by molar-refractivity contribution is 14.1. The summed E-state index contributed by atoms with van der Waals surface area (Å²) in [4.78, 5) is 73.7. The smallest absolute Gasteiger partial charge is 0.345 e. The van der Waals surface area contributed by atoms with E-state index in [1.54, 1.807) is 36.4 Å². The van der Waals surface area contributed by atoms with Gasteiger partial charge in [-0.2, -0.15) is 0 Å². The number of aryl methyl sites for hydroxylation is 6. The normalized spacial score (nSPS) is 13.7. The number of fused-ring (bicyclic) bond motifs is 2. The van der Waals surface area contributed by atoms with Crippen molar-refractivity contribution in [3.8, 4) is 74.7 Å². The Labute approximate surface area is 800 Å². The minimum absolute atomic E-state index is 0.00989. The molecule has 0 bridgehead atoms. The first-order valence-electron chi connectivity index (χ1n) is 46.4. The van der Waals surface area contributed by atoms with E-state index in [0.717, 1.165) is 153 Å². The van der Waals surface area contributed by atoms with E-state index < -0.39 is 52.9 Å². The van der Waals surface area contributed by atoms with Gasteiger partial charge in [0.1, 0.15) is 93.8 Å². The number of benzene rings is 10. The zero-order chi connectivity index (χ0) is 97.8.